The van der Waals surface area contributed by atoms with Crippen molar-refractivity contribution in [1.82, 2.24) is 19.2 Å². The molecule has 1 unspecified atom stereocenters. The molecule has 0 amide bonds. The largest absolute Gasteiger partial charge is 0.298 e. The second-order valence-corrected chi connectivity index (χ2v) is 7.16. The number of halogens is 1. The van der Waals surface area contributed by atoms with Gasteiger partial charge in [-0.25, -0.2) is 18.4 Å². The zero-order valence-electron chi connectivity index (χ0n) is 11.7. The summed E-state index contributed by atoms with van der Waals surface area (Å²) >= 11 is 5.58. The molecule has 0 spiro atoms. The molecule has 0 saturated carbocycles. The maximum absolute atomic E-state index is 12.4. The van der Waals surface area contributed by atoms with Crippen LogP contribution in [0.25, 0.3) is 0 Å². The van der Waals surface area contributed by atoms with Gasteiger partial charge in [0.15, 0.2) is 0 Å². The number of sulfonamides is 1. The van der Waals surface area contributed by atoms with Crippen LogP contribution in [0, 0.1) is 0 Å². The summed E-state index contributed by atoms with van der Waals surface area (Å²) in [6.07, 6.45) is 3.58. The first-order valence-electron chi connectivity index (χ1n) is 6.67. The van der Waals surface area contributed by atoms with Crippen molar-refractivity contribution in [1.29, 1.82) is 0 Å². The molecule has 1 aromatic rings. The third kappa shape index (κ3) is 3.28. The molecule has 112 valence electrons. The summed E-state index contributed by atoms with van der Waals surface area (Å²) in [5.41, 5.74) is 0. The summed E-state index contributed by atoms with van der Waals surface area (Å²) < 4.78 is 26.3. The van der Waals surface area contributed by atoms with Gasteiger partial charge in [-0.15, -0.1) is 0 Å². The Hall–Kier alpha value is -0.760. The molecule has 0 radical (unpaired) electrons. The van der Waals surface area contributed by atoms with E-state index < -0.39 is 10.0 Å². The fraction of sp³-hybridized carbons (Fsp3) is 0.667. The number of hydrogen-bond donors (Lipinski definition) is 0. The van der Waals surface area contributed by atoms with Crippen LogP contribution in [-0.4, -0.2) is 59.8 Å². The molecule has 2 rings (SSSR count). The number of rotatable bonds is 4. The van der Waals surface area contributed by atoms with E-state index in [1.807, 2.05) is 0 Å². The Morgan fingerprint density at radius 1 is 1.25 bits per heavy atom. The molecule has 20 heavy (non-hydrogen) atoms. The number of piperazine rings is 1. The molecule has 1 atom stereocenters. The summed E-state index contributed by atoms with van der Waals surface area (Å²) in [5, 5.41) is 0.0468. The Bertz CT molecular complexity index is 541. The molecule has 8 heteroatoms. The highest BCUT2D eigenvalue weighted by molar-refractivity contribution is 7.89. The minimum atomic E-state index is -3.51. The fourth-order valence-corrected chi connectivity index (χ4v) is 3.64. The minimum absolute atomic E-state index is 0.0468. The van der Waals surface area contributed by atoms with Crippen LogP contribution in [0.15, 0.2) is 17.3 Å². The number of hydrogen-bond acceptors (Lipinski definition) is 5. The lowest BCUT2D eigenvalue weighted by Gasteiger charge is -2.37. The van der Waals surface area contributed by atoms with E-state index in [4.69, 9.17) is 11.6 Å². The summed E-state index contributed by atoms with van der Waals surface area (Å²) in [4.78, 5) is 9.88. The Labute approximate surface area is 124 Å². The van der Waals surface area contributed by atoms with E-state index >= 15 is 0 Å². The molecular weight excluding hydrogens is 300 g/mol. The molecule has 0 aliphatic carbocycles. The van der Waals surface area contributed by atoms with Crippen LogP contribution in [0.1, 0.15) is 20.3 Å². The molecule has 1 fully saturated rings. The van der Waals surface area contributed by atoms with Crippen LogP contribution in [0.3, 0.4) is 0 Å². The second-order valence-electron chi connectivity index (χ2n) is 4.89. The minimum Gasteiger partial charge on any atom is -0.298 e. The number of aromatic nitrogens is 2. The molecule has 1 aliphatic heterocycles. The first-order valence-corrected chi connectivity index (χ1v) is 8.48. The SMILES string of the molecule is CCC(C)N1CCN(S(=O)(=O)c2cnc(Cl)nc2)CC1. The lowest BCUT2D eigenvalue weighted by Crippen LogP contribution is -2.51. The molecule has 0 bridgehead atoms. The van der Waals surface area contributed by atoms with Crippen LogP contribution >= 0.6 is 11.6 Å². The van der Waals surface area contributed by atoms with Crippen molar-refractivity contribution in [3.8, 4) is 0 Å². The van der Waals surface area contributed by atoms with E-state index in [1.165, 1.54) is 16.7 Å². The van der Waals surface area contributed by atoms with Gasteiger partial charge in [0.2, 0.25) is 15.3 Å². The molecule has 0 aromatic carbocycles. The monoisotopic (exact) mass is 318 g/mol. The summed E-state index contributed by atoms with van der Waals surface area (Å²) in [7, 11) is -3.51. The summed E-state index contributed by atoms with van der Waals surface area (Å²) in [6, 6.07) is 0.485. The van der Waals surface area contributed by atoms with Crippen LogP contribution in [0.5, 0.6) is 0 Å². The van der Waals surface area contributed by atoms with Gasteiger partial charge in [-0.1, -0.05) is 6.92 Å². The standard InChI is InChI=1S/C12H19ClN4O2S/c1-3-10(2)16-4-6-17(7-5-16)20(18,19)11-8-14-12(13)15-9-11/h8-10H,3-7H2,1-2H3. The summed E-state index contributed by atoms with van der Waals surface area (Å²) in [5.74, 6) is 0. The Balaban J connectivity index is 2.07. The molecule has 1 saturated heterocycles. The molecule has 1 aromatic heterocycles. The first-order chi connectivity index (χ1) is 9.45. The van der Waals surface area contributed by atoms with Crippen LogP contribution in [-0.2, 0) is 10.0 Å². The van der Waals surface area contributed by atoms with Crippen LogP contribution < -0.4 is 0 Å². The van der Waals surface area contributed by atoms with Crippen LogP contribution in [0.4, 0.5) is 0 Å². The highest BCUT2D eigenvalue weighted by Crippen LogP contribution is 2.18. The lowest BCUT2D eigenvalue weighted by molar-refractivity contribution is 0.142. The van der Waals surface area contributed by atoms with Crippen molar-refractivity contribution in [2.24, 2.45) is 0 Å². The average Bonchev–Trinajstić information content (AvgIpc) is 2.47. The van der Waals surface area contributed by atoms with Gasteiger partial charge in [-0.2, -0.15) is 4.31 Å². The lowest BCUT2D eigenvalue weighted by atomic mass is 10.2. The average molecular weight is 319 g/mol. The fourth-order valence-electron chi connectivity index (χ4n) is 2.23. The Morgan fingerprint density at radius 3 is 2.30 bits per heavy atom. The van der Waals surface area contributed by atoms with E-state index in [2.05, 4.69) is 28.7 Å². The van der Waals surface area contributed by atoms with Crippen molar-refractivity contribution in [3.63, 3.8) is 0 Å². The smallest absolute Gasteiger partial charge is 0.246 e. The maximum Gasteiger partial charge on any atom is 0.246 e. The number of nitrogens with zero attached hydrogens (tertiary/aromatic N) is 4. The highest BCUT2D eigenvalue weighted by atomic mass is 35.5. The van der Waals surface area contributed by atoms with E-state index in [0.29, 0.717) is 19.1 Å². The predicted octanol–water partition coefficient (Wildman–Crippen LogP) is 1.23. The van der Waals surface area contributed by atoms with Crippen molar-refractivity contribution >= 4 is 21.6 Å². The zero-order valence-corrected chi connectivity index (χ0v) is 13.2. The molecule has 0 N–H and O–H groups in total. The molecular formula is C12H19ClN4O2S. The van der Waals surface area contributed by atoms with E-state index in [1.54, 1.807) is 0 Å². The van der Waals surface area contributed by atoms with Gasteiger partial charge in [0.1, 0.15) is 4.90 Å². The quantitative estimate of drug-likeness (QED) is 0.781. The Kier molecular flexibility index (Phi) is 4.95. The normalized spacial score (nSPS) is 19.9. The van der Waals surface area contributed by atoms with Crippen LogP contribution in [0.2, 0.25) is 5.28 Å². The van der Waals surface area contributed by atoms with Gasteiger partial charge in [-0.3, -0.25) is 4.90 Å². The van der Waals surface area contributed by atoms with Crippen molar-refractivity contribution in [2.75, 3.05) is 26.2 Å². The molecule has 6 nitrogen and oxygen atoms in total. The van der Waals surface area contributed by atoms with Gasteiger partial charge in [-0.05, 0) is 24.9 Å². The first kappa shape index (κ1) is 15.6. The van der Waals surface area contributed by atoms with Gasteiger partial charge < -0.3 is 0 Å². The van der Waals surface area contributed by atoms with Crippen molar-refractivity contribution in [3.05, 3.63) is 17.7 Å². The van der Waals surface area contributed by atoms with E-state index in [0.717, 1.165) is 19.5 Å². The van der Waals surface area contributed by atoms with Gasteiger partial charge in [0.25, 0.3) is 0 Å². The summed E-state index contributed by atoms with van der Waals surface area (Å²) in [6.45, 7) is 6.80. The van der Waals surface area contributed by atoms with E-state index in [-0.39, 0.29) is 10.2 Å². The van der Waals surface area contributed by atoms with Gasteiger partial charge >= 0.3 is 0 Å². The van der Waals surface area contributed by atoms with Gasteiger partial charge in [0, 0.05) is 32.2 Å². The predicted molar refractivity (Wildman–Crippen MR) is 77.1 cm³/mol. The van der Waals surface area contributed by atoms with Gasteiger partial charge in [0.05, 0.1) is 12.4 Å². The third-order valence-electron chi connectivity index (χ3n) is 3.72. The van der Waals surface area contributed by atoms with Crippen molar-refractivity contribution < 1.29 is 8.42 Å². The topological polar surface area (TPSA) is 66.4 Å². The molecule has 2 heterocycles. The van der Waals surface area contributed by atoms with Crippen molar-refractivity contribution in [2.45, 2.75) is 31.2 Å². The zero-order chi connectivity index (χ0) is 14.8. The molecule has 1 aliphatic rings. The Morgan fingerprint density at radius 2 is 1.80 bits per heavy atom. The second kappa shape index (κ2) is 6.34. The van der Waals surface area contributed by atoms with E-state index in [9.17, 15) is 8.42 Å². The maximum atomic E-state index is 12.4. The highest BCUT2D eigenvalue weighted by Gasteiger charge is 2.30. The third-order valence-corrected chi connectivity index (χ3v) is 5.77.